The Morgan fingerprint density at radius 3 is 2.60 bits per heavy atom. The molecule has 52 valence electrons. The van der Waals surface area contributed by atoms with E-state index < -0.39 is 0 Å². The maximum atomic E-state index is 9.84. The number of nitrogens with zero attached hydrogens (tertiary/aromatic N) is 2. The summed E-state index contributed by atoms with van der Waals surface area (Å²) in [5.74, 6) is 0.249. The standard InChI is InChI=1S/C5H4ClN3O/c6-4-1-7-5(8-2-4)9-3-10/h1-3H,(H,7,8,9,10). The minimum absolute atomic E-state index is 0.249. The Hall–Kier alpha value is -1.16. The van der Waals surface area contributed by atoms with Crippen LogP contribution in [0.3, 0.4) is 0 Å². The molecule has 1 aromatic rings. The zero-order valence-corrected chi connectivity index (χ0v) is 5.67. The Morgan fingerprint density at radius 1 is 1.50 bits per heavy atom. The van der Waals surface area contributed by atoms with Crippen molar-refractivity contribution in [2.75, 3.05) is 5.32 Å². The molecule has 0 aliphatic rings. The fourth-order valence-corrected chi connectivity index (χ4v) is 0.537. The van der Waals surface area contributed by atoms with Crippen LogP contribution in [0.15, 0.2) is 12.4 Å². The van der Waals surface area contributed by atoms with E-state index in [1.54, 1.807) is 0 Å². The first-order valence-corrected chi connectivity index (χ1v) is 2.88. The maximum absolute atomic E-state index is 9.84. The van der Waals surface area contributed by atoms with Gasteiger partial charge in [0.25, 0.3) is 0 Å². The maximum Gasteiger partial charge on any atom is 0.229 e. The summed E-state index contributed by atoms with van der Waals surface area (Å²) >= 11 is 5.47. The number of hydrogen-bond acceptors (Lipinski definition) is 3. The molecule has 1 N–H and O–H groups in total. The Kier molecular flexibility index (Phi) is 2.17. The molecule has 0 aliphatic heterocycles. The van der Waals surface area contributed by atoms with E-state index in [0.717, 1.165) is 0 Å². The smallest absolute Gasteiger partial charge is 0.229 e. The molecule has 1 heterocycles. The monoisotopic (exact) mass is 157 g/mol. The van der Waals surface area contributed by atoms with E-state index in [4.69, 9.17) is 11.6 Å². The number of rotatable bonds is 2. The van der Waals surface area contributed by atoms with Crippen LogP contribution in [0.4, 0.5) is 5.95 Å². The lowest BCUT2D eigenvalue weighted by atomic mass is 10.7. The molecule has 1 amide bonds. The Balaban J connectivity index is 2.78. The van der Waals surface area contributed by atoms with Gasteiger partial charge in [-0.25, -0.2) is 9.97 Å². The molecule has 0 aliphatic carbocycles. The van der Waals surface area contributed by atoms with Gasteiger partial charge in [-0.3, -0.25) is 10.1 Å². The SMILES string of the molecule is O=CNc1ncc(Cl)cn1. The fraction of sp³-hybridized carbons (Fsp3) is 0. The highest BCUT2D eigenvalue weighted by Crippen LogP contribution is 2.04. The molecule has 5 heteroatoms. The lowest BCUT2D eigenvalue weighted by Gasteiger charge is -1.93. The molecule has 0 unspecified atom stereocenters. The first kappa shape index (κ1) is 6.95. The highest BCUT2D eigenvalue weighted by molar-refractivity contribution is 6.30. The summed E-state index contributed by atoms with van der Waals surface area (Å²) in [5.41, 5.74) is 0. The van der Waals surface area contributed by atoms with Crippen molar-refractivity contribution in [1.82, 2.24) is 9.97 Å². The number of amides is 1. The molecule has 0 fully saturated rings. The van der Waals surface area contributed by atoms with Crippen LogP contribution >= 0.6 is 11.6 Å². The first-order valence-electron chi connectivity index (χ1n) is 2.50. The Labute approximate surface area is 62.3 Å². The van der Waals surface area contributed by atoms with Gasteiger partial charge in [0.1, 0.15) is 0 Å². The van der Waals surface area contributed by atoms with Gasteiger partial charge in [0.2, 0.25) is 12.4 Å². The highest BCUT2D eigenvalue weighted by atomic mass is 35.5. The van der Waals surface area contributed by atoms with Gasteiger partial charge >= 0.3 is 0 Å². The fourth-order valence-electron chi connectivity index (χ4n) is 0.440. The van der Waals surface area contributed by atoms with E-state index >= 15 is 0 Å². The lowest BCUT2D eigenvalue weighted by Crippen LogP contribution is -1.98. The molecule has 0 radical (unpaired) electrons. The lowest BCUT2D eigenvalue weighted by molar-refractivity contribution is -0.105. The Bertz CT molecular complexity index is 223. The summed E-state index contributed by atoms with van der Waals surface area (Å²) < 4.78 is 0. The van der Waals surface area contributed by atoms with Crippen molar-refractivity contribution >= 4 is 24.0 Å². The van der Waals surface area contributed by atoms with Gasteiger partial charge in [-0.2, -0.15) is 0 Å². The van der Waals surface area contributed by atoms with Crippen molar-refractivity contribution in [3.05, 3.63) is 17.4 Å². The second-order valence-electron chi connectivity index (χ2n) is 1.49. The number of halogens is 1. The zero-order chi connectivity index (χ0) is 7.40. The van der Waals surface area contributed by atoms with Crippen molar-refractivity contribution in [3.8, 4) is 0 Å². The van der Waals surface area contributed by atoms with Crippen LogP contribution in [0, 0.1) is 0 Å². The summed E-state index contributed by atoms with van der Waals surface area (Å²) in [5, 5.41) is 2.71. The van der Waals surface area contributed by atoms with Crippen LogP contribution in [-0.4, -0.2) is 16.4 Å². The number of nitrogens with one attached hydrogen (secondary N) is 1. The van der Waals surface area contributed by atoms with Crippen molar-refractivity contribution in [2.45, 2.75) is 0 Å². The van der Waals surface area contributed by atoms with Crippen LogP contribution in [-0.2, 0) is 4.79 Å². The van der Waals surface area contributed by atoms with E-state index in [-0.39, 0.29) is 5.95 Å². The van der Waals surface area contributed by atoms with Crippen molar-refractivity contribution in [1.29, 1.82) is 0 Å². The number of carbonyl (C=O) groups is 1. The van der Waals surface area contributed by atoms with Crippen LogP contribution in [0.25, 0.3) is 0 Å². The van der Waals surface area contributed by atoms with E-state index in [1.807, 2.05) is 0 Å². The third-order valence-electron chi connectivity index (χ3n) is 0.808. The van der Waals surface area contributed by atoms with E-state index in [0.29, 0.717) is 11.4 Å². The average Bonchev–Trinajstić information content (AvgIpc) is 1.95. The minimum atomic E-state index is 0.249. The molecule has 10 heavy (non-hydrogen) atoms. The Morgan fingerprint density at radius 2 is 2.10 bits per heavy atom. The molecule has 1 rings (SSSR count). The summed E-state index contributed by atoms with van der Waals surface area (Å²) in [4.78, 5) is 17.2. The van der Waals surface area contributed by atoms with Crippen molar-refractivity contribution in [3.63, 3.8) is 0 Å². The molecule has 0 aromatic carbocycles. The van der Waals surface area contributed by atoms with Crippen LogP contribution < -0.4 is 5.32 Å². The normalized spacial score (nSPS) is 8.90. The number of aromatic nitrogens is 2. The van der Waals surface area contributed by atoms with E-state index in [1.165, 1.54) is 12.4 Å². The molecule has 0 bridgehead atoms. The molecule has 0 saturated carbocycles. The van der Waals surface area contributed by atoms with Crippen molar-refractivity contribution < 1.29 is 4.79 Å². The van der Waals surface area contributed by atoms with Crippen LogP contribution in [0.5, 0.6) is 0 Å². The number of anilines is 1. The molecule has 0 saturated heterocycles. The van der Waals surface area contributed by atoms with Gasteiger partial charge in [-0.1, -0.05) is 11.6 Å². The topological polar surface area (TPSA) is 54.9 Å². The predicted octanol–water partition coefficient (Wildman–Crippen LogP) is 0.698. The summed E-state index contributed by atoms with van der Waals surface area (Å²) in [6.07, 6.45) is 3.31. The van der Waals surface area contributed by atoms with Gasteiger partial charge in [0.15, 0.2) is 0 Å². The average molecular weight is 158 g/mol. The molecule has 0 atom stereocenters. The molecule has 1 aromatic heterocycles. The van der Waals surface area contributed by atoms with E-state index in [2.05, 4.69) is 15.3 Å². The number of hydrogen-bond donors (Lipinski definition) is 1. The first-order chi connectivity index (χ1) is 4.83. The van der Waals surface area contributed by atoms with Gasteiger partial charge in [0.05, 0.1) is 17.4 Å². The van der Waals surface area contributed by atoms with Gasteiger partial charge in [-0.15, -0.1) is 0 Å². The minimum Gasteiger partial charge on any atom is -0.297 e. The molecule has 0 spiro atoms. The quantitative estimate of drug-likeness (QED) is 0.643. The zero-order valence-electron chi connectivity index (χ0n) is 4.91. The highest BCUT2D eigenvalue weighted by Gasteiger charge is 1.91. The summed E-state index contributed by atoms with van der Waals surface area (Å²) in [6, 6.07) is 0. The largest absolute Gasteiger partial charge is 0.297 e. The molecular weight excluding hydrogens is 154 g/mol. The number of carbonyl (C=O) groups excluding carboxylic acids is 1. The summed E-state index contributed by atoms with van der Waals surface area (Å²) in [7, 11) is 0. The summed E-state index contributed by atoms with van der Waals surface area (Å²) in [6.45, 7) is 0. The third-order valence-corrected chi connectivity index (χ3v) is 1.00. The molecule has 4 nitrogen and oxygen atoms in total. The van der Waals surface area contributed by atoms with E-state index in [9.17, 15) is 4.79 Å². The predicted molar refractivity (Wildman–Crippen MR) is 36.7 cm³/mol. The van der Waals surface area contributed by atoms with Gasteiger partial charge < -0.3 is 0 Å². The van der Waals surface area contributed by atoms with Gasteiger partial charge in [-0.05, 0) is 0 Å². The third kappa shape index (κ3) is 1.66. The van der Waals surface area contributed by atoms with Crippen LogP contribution in [0.2, 0.25) is 5.02 Å². The van der Waals surface area contributed by atoms with Gasteiger partial charge in [0, 0.05) is 0 Å². The van der Waals surface area contributed by atoms with Crippen LogP contribution in [0.1, 0.15) is 0 Å². The second-order valence-corrected chi connectivity index (χ2v) is 1.92. The second kappa shape index (κ2) is 3.12. The molecular formula is C5H4ClN3O. The van der Waals surface area contributed by atoms with Crippen molar-refractivity contribution in [2.24, 2.45) is 0 Å².